The van der Waals surface area contributed by atoms with Crippen molar-refractivity contribution >= 4 is 63.7 Å². The van der Waals surface area contributed by atoms with E-state index in [4.69, 9.17) is 51.4 Å². The summed E-state index contributed by atoms with van der Waals surface area (Å²) in [5, 5.41) is 6.03. The number of benzene rings is 2. The molecule has 0 aliphatic heterocycles. The molecule has 0 saturated carbocycles. The van der Waals surface area contributed by atoms with Gasteiger partial charge in [-0.25, -0.2) is 4.39 Å². The van der Waals surface area contributed by atoms with E-state index < -0.39 is 11.7 Å². The van der Waals surface area contributed by atoms with Gasteiger partial charge in [-0.15, -0.1) is 0 Å². The zero-order valence-corrected chi connectivity index (χ0v) is 16.4. The molecule has 2 N–H and O–H groups in total. The van der Waals surface area contributed by atoms with E-state index in [9.17, 15) is 9.18 Å². The third kappa shape index (κ3) is 4.78. The van der Waals surface area contributed by atoms with Gasteiger partial charge in [0.25, 0.3) is 5.91 Å². The van der Waals surface area contributed by atoms with Crippen molar-refractivity contribution in [1.29, 1.82) is 0 Å². The van der Waals surface area contributed by atoms with E-state index in [0.717, 1.165) is 0 Å². The molecule has 0 spiro atoms. The van der Waals surface area contributed by atoms with Crippen molar-refractivity contribution in [1.82, 2.24) is 5.32 Å². The molecule has 0 atom stereocenters. The van der Waals surface area contributed by atoms with Gasteiger partial charge in [-0.05, 0) is 60.7 Å². The predicted octanol–water partition coefficient (Wildman–Crippen LogP) is 6.17. The zero-order chi connectivity index (χ0) is 19.6. The van der Waals surface area contributed by atoms with Gasteiger partial charge in [0.2, 0.25) is 0 Å². The summed E-state index contributed by atoms with van der Waals surface area (Å²) in [6.45, 7) is 0. The standard InChI is InChI=1S/C18H10Cl3FN2O2S/c19-9-1-3-11(12(20)7-9)15-5-6-16(26-15)17(25)24-18(27)23-10-2-4-14(22)13(21)8-10/h1-8H,(H2,23,24,25,27). The van der Waals surface area contributed by atoms with Crippen molar-refractivity contribution in [3.8, 4) is 11.3 Å². The first-order chi connectivity index (χ1) is 12.8. The molecule has 3 aromatic rings. The highest BCUT2D eigenvalue weighted by Gasteiger charge is 2.15. The summed E-state index contributed by atoms with van der Waals surface area (Å²) in [7, 11) is 0. The first-order valence-corrected chi connectivity index (χ1v) is 9.00. The van der Waals surface area contributed by atoms with E-state index in [1.165, 1.54) is 24.3 Å². The Hall–Kier alpha value is -2.12. The SMILES string of the molecule is O=C(NC(=S)Nc1ccc(F)c(Cl)c1)c1ccc(-c2ccc(Cl)cc2Cl)o1. The molecule has 1 aromatic heterocycles. The van der Waals surface area contributed by atoms with E-state index in [0.29, 0.717) is 27.1 Å². The average molecular weight is 444 g/mol. The molecule has 0 radical (unpaired) electrons. The first-order valence-electron chi connectivity index (χ1n) is 7.46. The molecule has 9 heteroatoms. The molecular weight excluding hydrogens is 434 g/mol. The average Bonchev–Trinajstić information content (AvgIpc) is 3.08. The minimum Gasteiger partial charge on any atom is -0.451 e. The summed E-state index contributed by atoms with van der Waals surface area (Å²) in [5.74, 6) is -0.665. The van der Waals surface area contributed by atoms with Crippen molar-refractivity contribution in [2.75, 3.05) is 5.32 Å². The van der Waals surface area contributed by atoms with Crippen molar-refractivity contribution in [2.45, 2.75) is 0 Å². The van der Waals surface area contributed by atoms with Crippen molar-refractivity contribution in [3.05, 3.63) is 75.2 Å². The molecule has 4 nitrogen and oxygen atoms in total. The van der Waals surface area contributed by atoms with Crippen LogP contribution in [-0.4, -0.2) is 11.0 Å². The van der Waals surface area contributed by atoms with Gasteiger partial charge in [0.05, 0.1) is 10.0 Å². The minimum atomic E-state index is -0.558. The molecule has 0 bridgehead atoms. The molecule has 1 heterocycles. The van der Waals surface area contributed by atoms with Crippen LogP contribution >= 0.6 is 47.0 Å². The Morgan fingerprint density at radius 3 is 2.48 bits per heavy atom. The summed E-state index contributed by atoms with van der Waals surface area (Å²) in [6, 6.07) is 12.0. The number of nitrogens with one attached hydrogen (secondary N) is 2. The summed E-state index contributed by atoms with van der Waals surface area (Å²) >= 11 is 22.8. The Bertz CT molecular complexity index is 1040. The number of hydrogen-bond acceptors (Lipinski definition) is 3. The summed E-state index contributed by atoms with van der Waals surface area (Å²) in [6.07, 6.45) is 0. The first kappa shape index (κ1) is 19.6. The number of amides is 1. The number of hydrogen-bond donors (Lipinski definition) is 2. The van der Waals surface area contributed by atoms with Gasteiger partial charge in [0, 0.05) is 16.3 Å². The van der Waals surface area contributed by atoms with Crippen molar-refractivity contribution < 1.29 is 13.6 Å². The van der Waals surface area contributed by atoms with E-state index in [1.54, 1.807) is 24.3 Å². The number of rotatable bonds is 3. The van der Waals surface area contributed by atoms with E-state index in [-0.39, 0.29) is 15.9 Å². The second-order valence-corrected chi connectivity index (χ2v) is 6.98. The Morgan fingerprint density at radius 1 is 1.00 bits per heavy atom. The summed E-state index contributed by atoms with van der Waals surface area (Å²) in [4.78, 5) is 12.3. The molecule has 0 unspecified atom stereocenters. The lowest BCUT2D eigenvalue weighted by Gasteiger charge is -2.09. The fraction of sp³-hybridized carbons (Fsp3) is 0. The Kier molecular flexibility index (Phi) is 6.01. The molecule has 0 saturated heterocycles. The van der Waals surface area contributed by atoms with Crippen LogP contribution < -0.4 is 10.6 Å². The number of anilines is 1. The number of carbonyl (C=O) groups is 1. The largest absolute Gasteiger partial charge is 0.451 e. The monoisotopic (exact) mass is 442 g/mol. The highest BCUT2D eigenvalue weighted by Crippen LogP contribution is 2.31. The van der Waals surface area contributed by atoms with Gasteiger partial charge in [-0.1, -0.05) is 34.8 Å². The maximum absolute atomic E-state index is 13.2. The van der Waals surface area contributed by atoms with Crippen LogP contribution in [0.25, 0.3) is 11.3 Å². The normalized spacial score (nSPS) is 10.5. The number of halogens is 4. The predicted molar refractivity (Wildman–Crippen MR) is 109 cm³/mol. The van der Waals surface area contributed by atoms with Crippen LogP contribution in [-0.2, 0) is 0 Å². The lowest BCUT2D eigenvalue weighted by molar-refractivity contribution is 0.0951. The molecule has 138 valence electrons. The lowest BCUT2D eigenvalue weighted by atomic mass is 10.2. The molecule has 27 heavy (non-hydrogen) atoms. The molecule has 0 aliphatic rings. The maximum atomic E-state index is 13.2. The molecule has 0 fully saturated rings. The van der Waals surface area contributed by atoms with Crippen LogP contribution in [0, 0.1) is 5.82 Å². The topological polar surface area (TPSA) is 54.3 Å². The minimum absolute atomic E-state index is 0.00477. The van der Waals surface area contributed by atoms with Crippen LogP contribution in [0.4, 0.5) is 10.1 Å². The van der Waals surface area contributed by atoms with Gasteiger partial charge in [0.1, 0.15) is 11.6 Å². The Labute approximate surface area is 174 Å². The van der Waals surface area contributed by atoms with Gasteiger partial charge in [-0.3, -0.25) is 10.1 Å². The number of thiocarbonyl (C=S) groups is 1. The van der Waals surface area contributed by atoms with Gasteiger partial charge >= 0.3 is 0 Å². The molecule has 1 amide bonds. The number of carbonyl (C=O) groups excluding carboxylic acids is 1. The quantitative estimate of drug-likeness (QED) is 0.475. The smallest absolute Gasteiger partial charge is 0.293 e. The van der Waals surface area contributed by atoms with Crippen molar-refractivity contribution in [2.24, 2.45) is 0 Å². The molecule has 0 aliphatic carbocycles. The van der Waals surface area contributed by atoms with E-state index in [2.05, 4.69) is 10.6 Å². The lowest BCUT2D eigenvalue weighted by Crippen LogP contribution is -2.33. The summed E-state index contributed by atoms with van der Waals surface area (Å²) < 4.78 is 18.7. The highest BCUT2D eigenvalue weighted by atomic mass is 35.5. The second-order valence-electron chi connectivity index (χ2n) is 5.33. The molecule has 3 rings (SSSR count). The van der Waals surface area contributed by atoms with Gasteiger partial charge in [-0.2, -0.15) is 0 Å². The fourth-order valence-electron chi connectivity index (χ4n) is 2.19. The van der Waals surface area contributed by atoms with Crippen LogP contribution in [0.3, 0.4) is 0 Å². The molecular formula is C18H10Cl3FN2O2S. The Balaban J connectivity index is 1.68. The van der Waals surface area contributed by atoms with Crippen LogP contribution in [0.15, 0.2) is 52.9 Å². The molecule has 2 aromatic carbocycles. The zero-order valence-electron chi connectivity index (χ0n) is 13.4. The van der Waals surface area contributed by atoms with Gasteiger partial charge in [0.15, 0.2) is 10.9 Å². The van der Waals surface area contributed by atoms with E-state index in [1.807, 2.05) is 0 Å². The third-order valence-electron chi connectivity index (χ3n) is 3.43. The van der Waals surface area contributed by atoms with Crippen molar-refractivity contribution in [3.63, 3.8) is 0 Å². The second kappa shape index (κ2) is 8.27. The van der Waals surface area contributed by atoms with Gasteiger partial charge < -0.3 is 9.73 Å². The maximum Gasteiger partial charge on any atom is 0.293 e. The summed E-state index contributed by atoms with van der Waals surface area (Å²) in [5.41, 5.74) is 1.03. The third-order valence-corrected chi connectivity index (χ3v) is 4.47. The van der Waals surface area contributed by atoms with Crippen LogP contribution in [0.2, 0.25) is 15.1 Å². The fourth-order valence-corrected chi connectivity index (χ4v) is 3.09. The van der Waals surface area contributed by atoms with Crippen LogP contribution in [0.1, 0.15) is 10.6 Å². The Morgan fingerprint density at radius 2 is 1.78 bits per heavy atom. The highest BCUT2D eigenvalue weighted by molar-refractivity contribution is 7.80. The van der Waals surface area contributed by atoms with E-state index >= 15 is 0 Å². The van der Waals surface area contributed by atoms with Crippen LogP contribution in [0.5, 0.6) is 0 Å². The number of furan rings is 1.